The Kier molecular flexibility index (Phi) is 10.1. The Balaban J connectivity index is 1.75. The van der Waals surface area contributed by atoms with Gasteiger partial charge in [-0.3, -0.25) is 9.78 Å². The van der Waals surface area contributed by atoms with Crippen molar-refractivity contribution in [2.75, 3.05) is 26.9 Å². The van der Waals surface area contributed by atoms with Crippen molar-refractivity contribution in [1.29, 1.82) is 0 Å². The van der Waals surface area contributed by atoms with Gasteiger partial charge in [0.1, 0.15) is 13.3 Å². The number of hydrogen-bond donors (Lipinski definition) is 0. The standard InChI is InChI=1S/C27H36F3N5O5Si/c1-18-12-22(39-15-26(2,3)24(36)37-4)32-14-20(18)21-9-8-19(13-31-21)23-33-25(40-16-27(28,29)30)35(34-23)17-38-10-11-41(5,6)7/h8-9,12-14H,10-11,15-17H2,1-7H3. The van der Waals surface area contributed by atoms with Crippen LogP contribution >= 0.6 is 0 Å². The first-order valence-electron chi connectivity index (χ1n) is 12.9. The molecule has 14 heteroatoms. The highest BCUT2D eigenvalue weighted by molar-refractivity contribution is 6.76. The minimum Gasteiger partial charge on any atom is -0.476 e. The Morgan fingerprint density at radius 2 is 1.78 bits per heavy atom. The molecule has 0 unspecified atom stereocenters. The summed E-state index contributed by atoms with van der Waals surface area (Å²) >= 11 is 0. The number of carbonyl (C=O) groups excluding carboxylic acids is 1. The zero-order valence-corrected chi connectivity index (χ0v) is 25.3. The van der Waals surface area contributed by atoms with Gasteiger partial charge >= 0.3 is 18.2 Å². The van der Waals surface area contributed by atoms with E-state index >= 15 is 0 Å². The molecule has 0 radical (unpaired) electrons. The molecule has 0 N–H and O–H groups in total. The first-order chi connectivity index (χ1) is 19.1. The third-order valence-corrected chi connectivity index (χ3v) is 7.62. The molecule has 3 heterocycles. The van der Waals surface area contributed by atoms with Crippen molar-refractivity contribution in [2.24, 2.45) is 5.41 Å². The van der Waals surface area contributed by atoms with E-state index in [9.17, 15) is 18.0 Å². The van der Waals surface area contributed by atoms with Crippen LogP contribution in [-0.2, 0) is 21.0 Å². The minimum atomic E-state index is -4.52. The maximum atomic E-state index is 12.8. The normalized spacial score (nSPS) is 12.3. The van der Waals surface area contributed by atoms with Crippen LogP contribution in [0.5, 0.6) is 11.9 Å². The van der Waals surface area contributed by atoms with Gasteiger partial charge in [-0.05, 0) is 44.5 Å². The lowest BCUT2D eigenvalue weighted by Gasteiger charge is -2.21. The summed E-state index contributed by atoms with van der Waals surface area (Å²) in [5, 5.41) is 4.30. The summed E-state index contributed by atoms with van der Waals surface area (Å²) in [6, 6.07) is 5.80. The number of pyridine rings is 2. The molecule has 3 aromatic rings. The maximum absolute atomic E-state index is 12.8. The average Bonchev–Trinajstić information content (AvgIpc) is 3.30. The molecular formula is C27H36F3N5O5Si. The molecule has 0 aliphatic rings. The number of methoxy groups -OCH3 is 1. The highest BCUT2D eigenvalue weighted by Gasteiger charge is 2.31. The van der Waals surface area contributed by atoms with Crippen molar-refractivity contribution >= 4 is 14.0 Å². The molecule has 3 rings (SSSR count). The van der Waals surface area contributed by atoms with E-state index in [1.807, 2.05) is 6.92 Å². The van der Waals surface area contributed by atoms with Crippen LogP contribution in [0.15, 0.2) is 30.6 Å². The van der Waals surface area contributed by atoms with E-state index in [0.717, 1.165) is 17.2 Å². The number of alkyl halides is 3. The van der Waals surface area contributed by atoms with Crippen LogP contribution in [0, 0.1) is 12.3 Å². The van der Waals surface area contributed by atoms with Crippen molar-refractivity contribution in [3.63, 3.8) is 0 Å². The molecule has 0 atom stereocenters. The molecule has 41 heavy (non-hydrogen) atoms. The van der Waals surface area contributed by atoms with Crippen molar-refractivity contribution in [3.05, 3.63) is 36.2 Å². The molecule has 0 amide bonds. The fourth-order valence-corrected chi connectivity index (χ4v) is 4.23. The average molecular weight is 596 g/mol. The minimum absolute atomic E-state index is 0.0910. The van der Waals surface area contributed by atoms with Gasteiger partial charge in [0.25, 0.3) is 0 Å². The zero-order valence-electron chi connectivity index (χ0n) is 24.3. The van der Waals surface area contributed by atoms with Gasteiger partial charge in [0.05, 0.1) is 18.2 Å². The second-order valence-electron chi connectivity index (χ2n) is 11.4. The summed E-state index contributed by atoms with van der Waals surface area (Å²) in [4.78, 5) is 24.8. The fraction of sp³-hybridized carbons (Fsp3) is 0.519. The molecule has 0 aromatic carbocycles. The third-order valence-electron chi connectivity index (χ3n) is 5.91. The Morgan fingerprint density at radius 1 is 1.05 bits per heavy atom. The van der Waals surface area contributed by atoms with E-state index in [4.69, 9.17) is 18.9 Å². The summed E-state index contributed by atoms with van der Waals surface area (Å²) in [6.45, 7) is 10.9. The lowest BCUT2D eigenvalue weighted by atomic mass is 9.95. The van der Waals surface area contributed by atoms with Crippen LogP contribution in [0.3, 0.4) is 0 Å². The molecule has 0 saturated carbocycles. The quantitative estimate of drug-likeness (QED) is 0.143. The number of aryl methyl sites for hydroxylation is 1. The van der Waals surface area contributed by atoms with Gasteiger partial charge in [-0.2, -0.15) is 22.8 Å². The number of nitrogens with zero attached hydrogens (tertiary/aromatic N) is 5. The van der Waals surface area contributed by atoms with Crippen molar-refractivity contribution in [3.8, 4) is 34.5 Å². The van der Waals surface area contributed by atoms with Crippen LogP contribution in [0.2, 0.25) is 25.7 Å². The van der Waals surface area contributed by atoms with Gasteiger partial charge in [0.15, 0.2) is 12.4 Å². The Hall–Kier alpha value is -3.52. The lowest BCUT2D eigenvalue weighted by molar-refractivity contribution is -0.155. The number of carbonyl (C=O) groups is 1. The van der Waals surface area contributed by atoms with E-state index in [0.29, 0.717) is 23.7 Å². The Labute approximate surface area is 238 Å². The number of rotatable bonds is 13. The van der Waals surface area contributed by atoms with Crippen molar-refractivity contribution in [2.45, 2.75) is 59.4 Å². The van der Waals surface area contributed by atoms with Crippen LogP contribution in [0.1, 0.15) is 19.4 Å². The monoisotopic (exact) mass is 595 g/mol. The summed E-state index contributed by atoms with van der Waals surface area (Å²) < 4.78 is 60.6. The largest absolute Gasteiger partial charge is 0.476 e. The van der Waals surface area contributed by atoms with E-state index in [1.165, 1.54) is 18.0 Å². The Bertz CT molecular complexity index is 1320. The molecular weight excluding hydrogens is 559 g/mol. The predicted octanol–water partition coefficient (Wildman–Crippen LogP) is 5.54. The zero-order chi connectivity index (χ0) is 30.4. The summed E-state index contributed by atoms with van der Waals surface area (Å²) in [5.74, 6) is 0.123. The molecule has 0 aliphatic carbocycles. The number of esters is 1. The number of aromatic nitrogens is 5. The molecule has 0 saturated heterocycles. The van der Waals surface area contributed by atoms with E-state index in [2.05, 4.69) is 39.7 Å². The predicted molar refractivity (Wildman–Crippen MR) is 148 cm³/mol. The van der Waals surface area contributed by atoms with Gasteiger partial charge < -0.3 is 18.9 Å². The van der Waals surface area contributed by atoms with Crippen LogP contribution in [0.4, 0.5) is 13.2 Å². The molecule has 0 bridgehead atoms. The van der Waals surface area contributed by atoms with E-state index in [1.54, 1.807) is 38.2 Å². The maximum Gasteiger partial charge on any atom is 0.422 e. The summed E-state index contributed by atoms with van der Waals surface area (Å²) in [7, 11) is -0.0158. The first-order valence-corrected chi connectivity index (χ1v) is 16.7. The van der Waals surface area contributed by atoms with Gasteiger partial charge in [-0.1, -0.05) is 19.6 Å². The molecule has 3 aromatic heterocycles. The molecule has 10 nitrogen and oxygen atoms in total. The first kappa shape index (κ1) is 32.0. The highest BCUT2D eigenvalue weighted by Crippen LogP contribution is 2.27. The van der Waals surface area contributed by atoms with Gasteiger partial charge in [-0.15, -0.1) is 5.10 Å². The van der Waals surface area contributed by atoms with Crippen molar-refractivity contribution < 1.29 is 36.9 Å². The highest BCUT2D eigenvalue weighted by atomic mass is 28.3. The number of halogens is 3. The summed E-state index contributed by atoms with van der Waals surface area (Å²) in [6.07, 6.45) is -1.38. The summed E-state index contributed by atoms with van der Waals surface area (Å²) in [5.41, 5.74) is 1.86. The van der Waals surface area contributed by atoms with E-state index in [-0.39, 0.29) is 31.1 Å². The molecule has 0 spiro atoms. The van der Waals surface area contributed by atoms with Crippen LogP contribution in [-0.4, -0.2) is 71.9 Å². The third kappa shape index (κ3) is 9.52. The molecule has 0 fully saturated rings. The van der Waals surface area contributed by atoms with E-state index < -0.39 is 26.3 Å². The molecule has 0 aliphatic heterocycles. The second kappa shape index (κ2) is 13.0. The Morgan fingerprint density at radius 3 is 2.37 bits per heavy atom. The number of hydrogen-bond acceptors (Lipinski definition) is 9. The van der Waals surface area contributed by atoms with Crippen LogP contribution in [0.25, 0.3) is 22.6 Å². The SMILES string of the molecule is COC(=O)C(C)(C)COc1cc(C)c(-c2ccc(-c3nc(OCC(F)(F)F)n(COCC[Si](C)(C)C)n3)cn2)cn1. The van der Waals surface area contributed by atoms with Gasteiger partial charge in [0, 0.05) is 44.3 Å². The fourth-order valence-electron chi connectivity index (χ4n) is 3.47. The van der Waals surface area contributed by atoms with Crippen molar-refractivity contribution in [1.82, 2.24) is 24.7 Å². The second-order valence-corrected chi connectivity index (χ2v) is 17.0. The smallest absolute Gasteiger partial charge is 0.422 e. The lowest BCUT2D eigenvalue weighted by Crippen LogP contribution is -2.32. The number of ether oxygens (including phenoxy) is 4. The van der Waals surface area contributed by atoms with Gasteiger partial charge in [-0.25, -0.2) is 4.98 Å². The van der Waals surface area contributed by atoms with Crippen LogP contribution < -0.4 is 9.47 Å². The van der Waals surface area contributed by atoms with Gasteiger partial charge in [0.2, 0.25) is 5.88 Å². The topological polar surface area (TPSA) is 110 Å². The molecule has 224 valence electrons.